The number of hydrogen-bond acceptors (Lipinski definition) is 12. The number of nitrogens with one attached hydrogen (secondary N) is 5. The van der Waals surface area contributed by atoms with Gasteiger partial charge in [0.2, 0.25) is 5.91 Å². The molecule has 1 atom stereocenters. The van der Waals surface area contributed by atoms with Crippen LogP contribution < -0.4 is 41.0 Å². The molecule has 5 N–H and O–H groups in total. The number of allylic oxidation sites excluding steroid dienone is 1. The van der Waals surface area contributed by atoms with E-state index in [9.17, 15) is 37.1 Å². The average molecular weight is 912 g/mol. The van der Waals surface area contributed by atoms with Crippen LogP contribution in [0, 0.1) is 0 Å². The molecule has 1 unspecified atom stereocenters. The van der Waals surface area contributed by atoms with Crippen molar-refractivity contribution in [3.63, 3.8) is 0 Å². The molecule has 16 nitrogen and oxygen atoms in total. The lowest BCUT2D eigenvalue weighted by atomic mass is 10.0. The number of unbranched alkanes of at least 4 members (excludes halogenated alkanes) is 3. The maximum atomic E-state index is 14.0. The minimum Gasteiger partial charge on any atom is -0.494 e. The highest BCUT2D eigenvalue weighted by Gasteiger charge is 2.45. The SMILES string of the molecule is C=C1CCC(N2C(=O)c3cccc(OCC(=O)NCCCCCCN4CCN(c5ccc(Nc6cc(Nc7ccccc7C(=O)NC)c(C(F)(F)F)cn6)c(OC)c5)CC4)c3C2=O)C(=O)N1. The largest absolute Gasteiger partial charge is 0.494 e. The van der Waals surface area contributed by atoms with Crippen molar-refractivity contribution in [2.75, 3.05) is 75.6 Å². The summed E-state index contributed by atoms with van der Waals surface area (Å²) in [5.74, 6) is -1.73. The van der Waals surface area contributed by atoms with Gasteiger partial charge in [-0.15, -0.1) is 0 Å². The Morgan fingerprint density at radius 3 is 2.39 bits per heavy atom. The number of piperazine rings is 1. The predicted octanol–water partition coefficient (Wildman–Crippen LogP) is 6.22. The van der Waals surface area contributed by atoms with Gasteiger partial charge in [0.15, 0.2) is 6.61 Å². The molecule has 0 aliphatic carbocycles. The molecule has 1 aromatic heterocycles. The number of piperidine rings is 1. The van der Waals surface area contributed by atoms with Gasteiger partial charge in [-0.05, 0) is 68.6 Å². The van der Waals surface area contributed by atoms with Gasteiger partial charge in [0.1, 0.15) is 23.4 Å². The smallest absolute Gasteiger partial charge is 0.419 e. The molecule has 0 radical (unpaired) electrons. The van der Waals surface area contributed by atoms with E-state index in [1.807, 2.05) is 12.1 Å². The number of benzene rings is 3. The van der Waals surface area contributed by atoms with Gasteiger partial charge < -0.3 is 41.0 Å². The lowest BCUT2D eigenvalue weighted by Gasteiger charge is -2.36. The summed E-state index contributed by atoms with van der Waals surface area (Å²) in [6, 6.07) is 16.8. The first-order chi connectivity index (χ1) is 31.7. The van der Waals surface area contributed by atoms with Gasteiger partial charge in [0.05, 0.1) is 46.4 Å². The Bertz CT molecular complexity index is 2490. The van der Waals surface area contributed by atoms with Crippen molar-refractivity contribution in [2.45, 2.75) is 50.7 Å². The number of rotatable bonds is 18. The van der Waals surface area contributed by atoms with E-state index in [4.69, 9.17) is 9.47 Å². The summed E-state index contributed by atoms with van der Waals surface area (Å²) in [5.41, 5.74) is 1.29. The van der Waals surface area contributed by atoms with Crippen LogP contribution in [0.5, 0.6) is 11.5 Å². The van der Waals surface area contributed by atoms with E-state index in [-0.39, 0.29) is 58.6 Å². The van der Waals surface area contributed by atoms with Crippen LogP contribution in [0.25, 0.3) is 0 Å². The number of carbonyl (C=O) groups is 5. The highest BCUT2D eigenvalue weighted by atomic mass is 19.4. The second-order valence-corrected chi connectivity index (χ2v) is 16.1. The van der Waals surface area contributed by atoms with Crippen LogP contribution in [0.2, 0.25) is 0 Å². The normalized spacial score (nSPS) is 16.4. The Hall–Kier alpha value is -7.15. The molecule has 66 heavy (non-hydrogen) atoms. The van der Waals surface area contributed by atoms with Crippen molar-refractivity contribution < 1.29 is 46.6 Å². The number of hydrogen-bond donors (Lipinski definition) is 5. The highest BCUT2D eigenvalue weighted by molar-refractivity contribution is 6.24. The number of halogens is 3. The second-order valence-electron chi connectivity index (χ2n) is 16.1. The number of ether oxygens (including phenoxy) is 2. The van der Waals surface area contributed by atoms with E-state index in [1.54, 1.807) is 24.3 Å². The summed E-state index contributed by atoms with van der Waals surface area (Å²) < 4.78 is 53.5. The lowest BCUT2D eigenvalue weighted by Crippen LogP contribution is -2.51. The van der Waals surface area contributed by atoms with Crippen molar-refractivity contribution in [1.82, 2.24) is 30.7 Å². The molecule has 2 saturated heterocycles. The zero-order chi connectivity index (χ0) is 47.0. The molecule has 7 rings (SSSR count). The number of pyridine rings is 1. The molecule has 0 bridgehead atoms. The average Bonchev–Trinajstić information content (AvgIpc) is 3.56. The summed E-state index contributed by atoms with van der Waals surface area (Å²) >= 11 is 0. The number of amides is 5. The number of anilines is 5. The van der Waals surface area contributed by atoms with Crippen LogP contribution in [0.1, 0.15) is 75.2 Å². The van der Waals surface area contributed by atoms with Gasteiger partial charge in [-0.25, -0.2) is 4.98 Å². The Kier molecular flexibility index (Phi) is 14.7. The fraction of sp³-hybridized carbons (Fsp3) is 0.362. The Labute approximate surface area is 379 Å². The number of alkyl halides is 3. The number of nitrogens with zero attached hydrogens (tertiary/aromatic N) is 4. The minimum absolute atomic E-state index is 0.0463. The number of aromatic nitrogens is 1. The van der Waals surface area contributed by atoms with Crippen LogP contribution in [0.4, 0.5) is 41.7 Å². The van der Waals surface area contributed by atoms with E-state index >= 15 is 0 Å². The van der Waals surface area contributed by atoms with E-state index in [2.05, 4.69) is 47.9 Å². The third kappa shape index (κ3) is 10.8. The Morgan fingerprint density at radius 2 is 1.65 bits per heavy atom. The molecule has 3 aromatic carbocycles. The molecule has 4 heterocycles. The van der Waals surface area contributed by atoms with Crippen LogP contribution in [-0.4, -0.2) is 110 Å². The molecule has 4 aromatic rings. The lowest BCUT2D eigenvalue weighted by molar-refractivity contribution is -0.137. The Morgan fingerprint density at radius 1 is 0.879 bits per heavy atom. The molecule has 2 fully saturated rings. The van der Waals surface area contributed by atoms with Crippen molar-refractivity contribution in [1.29, 1.82) is 0 Å². The quantitative estimate of drug-likeness (QED) is 0.0562. The zero-order valence-corrected chi connectivity index (χ0v) is 36.7. The van der Waals surface area contributed by atoms with Gasteiger partial charge >= 0.3 is 6.18 Å². The summed E-state index contributed by atoms with van der Waals surface area (Å²) in [4.78, 5) is 73.7. The fourth-order valence-electron chi connectivity index (χ4n) is 8.19. The van der Waals surface area contributed by atoms with Crippen LogP contribution in [-0.2, 0) is 15.8 Å². The van der Waals surface area contributed by atoms with Crippen molar-refractivity contribution in [2.24, 2.45) is 0 Å². The Balaban J connectivity index is 0.821. The highest BCUT2D eigenvalue weighted by Crippen LogP contribution is 2.39. The topological polar surface area (TPSA) is 187 Å². The zero-order valence-electron chi connectivity index (χ0n) is 36.7. The molecule has 348 valence electrons. The summed E-state index contributed by atoms with van der Waals surface area (Å²) in [5, 5.41) is 13.8. The van der Waals surface area contributed by atoms with E-state index in [0.29, 0.717) is 30.1 Å². The maximum absolute atomic E-state index is 14.0. The first kappa shape index (κ1) is 46.8. The standard InChI is InChI=1S/C47H52F3N9O7/c1-29-15-18-37(44(62)54-29)59-45(63)32-12-10-14-38(42(32)46(59)64)66-28-41(60)52-19-8-4-5-9-20-57-21-23-58(24-22-57)30-16-17-35(39(25-30)65-3)56-40-26-36(33(27-53-40)47(48,49)50)55-34-13-7-6-11-31(34)43(61)51-2/h6-7,10-14,16-17,25-27,37H,1,4-5,8-9,15,18-24,28H2,2-3H3,(H,51,61)(H,52,60)(H,54,62)(H2,53,55,56). The molecule has 0 saturated carbocycles. The number of imide groups is 1. The third-order valence-electron chi connectivity index (χ3n) is 11.7. The molecule has 3 aliphatic rings. The number of carbonyl (C=O) groups excluding carboxylic acids is 5. The van der Waals surface area contributed by atoms with Gasteiger partial charge in [0.25, 0.3) is 23.6 Å². The van der Waals surface area contributed by atoms with E-state index < -0.39 is 41.4 Å². The number of methoxy groups -OCH3 is 1. The van der Waals surface area contributed by atoms with Gasteiger partial charge in [-0.2, -0.15) is 13.2 Å². The minimum atomic E-state index is -4.71. The first-order valence-electron chi connectivity index (χ1n) is 21.7. The monoisotopic (exact) mass is 911 g/mol. The van der Waals surface area contributed by atoms with Gasteiger partial charge in [0, 0.05) is 69.5 Å². The first-order valence-corrected chi connectivity index (χ1v) is 21.7. The molecule has 3 aliphatic heterocycles. The van der Waals surface area contributed by atoms with Crippen LogP contribution in [0.3, 0.4) is 0 Å². The number of fused-ring (bicyclic) bond motifs is 1. The molecule has 5 amide bonds. The molecular weight excluding hydrogens is 860 g/mol. The van der Waals surface area contributed by atoms with E-state index in [1.165, 1.54) is 44.5 Å². The third-order valence-corrected chi connectivity index (χ3v) is 11.7. The molecule has 0 spiro atoms. The fourth-order valence-corrected chi connectivity index (χ4v) is 8.19. The number of para-hydroxylation sites is 1. The van der Waals surface area contributed by atoms with Gasteiger partial charge in [-0.3, -0.25) is 33.8 Å². The second kappa shape index (κ2) is 20.8. The summed E-state index contributed by atoms with van der Waals surface area (Å²) in [6.07, 6.45) is 0.466. The predicted molar refractivity (Wildman–Crippen MR) is 242 cm³/mol. The van der Waals surface area contributed by atoms with Crippen molar-refractivity contribution >= 4 is 58.1 Å². The summed E-state index contributed by atoms with van der Waals surface area (Å²) in [6.45, 7) is 8.13. The van der Waals surface area contributed by atoms with Crippen molar-refractivity contribution in [3.8, 4) is 11.5 Å². The maximum Gasteiger partial charge on any atom is 0.419 e. The molecule has 19 heteroatoms. The van der Waals surface area contributed by atoms with Crippen LogP contribution in [0.15, 0.2) is 85.2 Å². The van der Waals surface area contributed by atoms with E-state index in [0.717, 1.165) is 75.2 Å². The summed E-state index contributed by atoms with van der Waals surface area (Å²) in [7, 11) is 2.96. The molecular formula is C47H52F3N9O7. The van der Waals surface area contributed by atoms with Crippen LogP contribution >= 0.6 is 0 Å². The van der Waals surface area contributed by atoms with Crippen molar-refractivity contribution in [3.05, 3.63) is 107 Å². The van der Waals surface area contributed by atoms with Gasteiger partial charge in [-0.1, -0.05) is 37.6 Å².